The first-order chi connectivity index (χ1) is 12.1. The number of benzene rings is 3. The van der Waals surface area contributed by atoms with Crippen molar-refractivity contribution in [1.29, 1.82) is 0 Å². The standard InChI is InChI=1S/C20H18O5/c1-12(21)25-18-15-10-9-14(13-7-5-4-6-8-13)11-16(15)17(22)19(23-2)20(18)24-3/h4-11,22H,1-3H3. The molecule has 3 rings (SSSR count). The van der Waals surface area contributed by atoms with Crippen LogP contribution in [0.5, 0.6) is 23.0 Å². The Morgan fingerprint density at radius 3 is 2.12 bits per heavy atom. The fourth-order valence-corrected chi connectivity index (χ4v) is 2.82. The molecule has 0 radical (unpaired) electrons. The van der Waals surface area contributed by atoms with Gasteiger partial charge < -0.3 is 19.3 Å². The molecule has 1 N–H and O–H groups in total. The van der Waals surface area contributed by atoms with E-state index in [4.69, 9.17) is 14.2 Å². The third-order valence-electron chi connectivity index (χ3n) is 3.91. The normalized spacial score (nSPS) is 10.5. The monoisotopic (exact) mass is 338 g/mol. The SMILES string of the molecule is COc1c(OC)c(OC(C)=O)c2ccc(-c3ccccc3)cc2c1O. The molecule has 0 aliphatic carbocycles. The van der Waals surface area contributed by atoms with E-state index >= 15 is 0 Å². The minimum Gasteiger partial charge on any atom is -0.504 e. The van der Waals surface area contributed by atoms with Crippen molar-refractivity contribution in [3.63, 3.8) is 0 Å². The number of esters is 1. The highest BCUT2D eigenvalue weighted by Gasteiger charge is 2.23. The predicted molar refractivity (Wildman–Crippen MR) is 95.5 cm³/mol. The Morgan fingerprint density at radius 2 is 1.52 bits per heavy atom. The number of methoxy groups -OCH3 is 2. The summed E-state index contributed by atoms with van der Waals surface area (Å²) in [6.45, 7) is 1.31. The molecule has 0 spiro atoms. The molecule has 5 nitrogen and oxygen atoms in total. The minimum atomic E-state index is -0.487. The highest BCUT2D eigenvalue weighted by molar-refractivity contribution is 6.01. The fourth-order valence-electron chi connectivity index (χ4n) is 2.82. The van der Waals surface area contributed by atoms with Gasteiger partial charge in [0.2, 0.25) is 11.5 Å². The van der Waals surface area contributed by atoms with E-state index in [1.807, 2.05) is 42.5 Å². The molecular formula is C20H18O5. The van der Waals surface area contributed by atoms with Crippen LogP contribution in [0.2, 0.25) is 0 Å². The Hall–Kier alpha value is -3.21. The van der Waals surface area contributed by atoms with Crippen LogP contribution in [0.15, 0.2) is 48.5 Å². The number of carbonyl (C=O) groups is 1. The zero-order chi connectivity index (χ0) is 18.0. The second-order valence-corrected chi connectivity index (χ2v) is 5.46. The van der Waals surface area contributed by atoms with E-state index < -0.39 is 5.97 Å². The molecule has 5 heteroatoms. The van der Waals surface area contributed by atoms with Gasteiger partial charge in [-0.25, -0.2) is 0 Å². The van der Waals surface area contributed by atoms with Crippen LogP contribution >= 0.6 is 0 Å². The molecule has 128 valence electrons. The fraction of sp³-hybridized carbons (Fsp3) is 0.150. The lowest BCUT2D eigenvalue weighted by molar-refractivity contribution is -0.131. The van der Waals surface area contributed by atoms with Crippen LogP contribution in [-0.2, 0) is 4.79 Å². The number of phenols is 1. The number of aromatic hydroxyl groups is 1. The average molecular weight is 338 g/mol. The van der Waals surface area contributed by atoms with E-state index in [1.54, 1.807) is 6.07 Å². The van der Waals surface area contributed by atoms with Crippen LogP contribution in [0, 0.1) is 0 Å². The van der Waals surface area contributed by atoms with Crippen LogP contribution < -0.4 is 14.2 Å². The van der Waals surface area contributed by atoms with E-state index in [0.29, 0.717) is 10.8 Å². The maximum atomic E-state index is 11.5. The minimum absolute atomic E-state index is 0.0666. The van der Waals surface area contributed by atoms with Gasteiger partial charge in [0.15, 0.2) is 11.5 Å². The molecule has 0 amide bonds. The zero-order valence-corrected chi connectivity index (χ0v) is 14.2. The van der Waals surface area contributed by atoms with Crippen molar-refractivity contribution >= 4 is 16.7 Å². The molecular weight excluding hydrogens is 320 g/mol. The summed E-state index contributed by atoms with van der Waals surface area (Å²) in [5.74, 6) is -0.0339. The average Bonchev–Trinajstić information content (AvgIpc) is 2.63. The van der Waals surface area contributed by atoms with E-state index in [2.05, 4.69) is 0 Å². The quantitative estimate of drug-likeness (QED) is 0.572. The van der Waals surface area contributed by atoms with Crippen molar-refractivity contribution < 1.29 is 24.1 Å². The number of phenolic OH excluding ortho intramolecular Hbond substituents is 1. The van der Waals surface area contributed by atoms with Crippen LogP contribution in [0.4, 0.5) is 0 Å². The molecule has 0 fully saturated rings. The van der Waals surface area contributed by atoms with Crippen molar-refractivity contribution in [3.05, 3.63) is 48.5 Å². The van der Waals surface area contributed by atoms with E-state index in [0.717, 1.165) is 11.1 Å². The summed E-state index contributed by atoms with van der Waals surface area (Å²) >= 11 is 0. The summed E-state index contributed by atoms with van der Waals surface area (Å²) in [5.41, 5.74) is 1.93. The topological polar surface area (TPSA) is 65.0 Å². The Morgan fingerprint density at radius 1 is 0.840 bits per heavy atom. The first-order valence-corrected chi connectivity index (χ1v) is 7.71. The molecule has 0 bridgehead atoms. The summed E-state index contributed by atoms with van der Waals surface area (Å²) < 4.78 is 15.9. The van der Waals surface area contributed by atoms with Gasteiger partial charge >= 0.3 is 5.97 Å². The molecule has 0 heterocycles. The van der Waals surface area contributed by atoms with Gasteiger partial charge in [-0.2, -0.15) is 0 Å². The Bertz CT molecular complexity index is 932. The molecule has 0 aliphatic rings. The Labute approximate surface area is 145 Å². The zero-order valence-electron chi connectivity index (χ0n) is 14.2. The van der Waals surface area contributed by atoms with Gasteiger partial charge in [-0.3, -0.25) is 4.79 Å². The van der Waals surface area contributed by atoms with Crippen LogP contribution in [0.3, 0.4) is 0 Å². The number of hydrogen-bond acceptors (Lipinski definition) is 5. The van der Waals surface area contributed by atoms with Crippen molar-refractivity contribution in [2.75, 3.05) is 14.2 Å². The van der Waals surface area contributed by atoms with Crippen molar-refractivity contribution in [1.82, 2.24) is 0 Å². The van der Waals surface area contributed by atoms with Crippen molar-refractivity contribution in [2.24, 2.45) is 0 Å². The van der Waals surface area contributed by atoms with Crippen LogP contribution in [0.25, 0.3) is 21.9 Å². The maximum absolute atomic E-state index is 11.5. The molecule has 0 saturated carbocycles. The summed E-state index contributed by atoms with van der Waals surface area (Å²) in [7, 11) is 2.84. The smallest absolute Gasteiger partial charge is 0.308 e. The number of fused-ring (bicyclic) bond motifs is 1. The van der Waals surface area contributed by atoms with Crippen LogP contribution in [0.1, 0.15) is 6.92 Å². The van der Waals surface area contributed by atoms with Crippen LogP contribution in [-0.4, -0.2) is 25.3 Å². The first kappa shape index (κ1) is 16.6. The molecule has 3 aromatic rings. The van der Waals surface area contributed by atoms with Gasteiger partial charge in [0.1, 0.15) is 0 Å². The van der Waals surface area contributed by atoms with E-state index in [-0.39, 0.29) is 23.0 Å². The molecule has 25 heavy (non-hydrogen) atoms. The van der Waals surface area contributed by atoms with Crippen molar-refractivity contribution in [2.45, 2.75) is 6.92 Å². The molecule has 0 aliphatic heterocycles. The molecule has 0 saturated heterocycles. The van der Waals surface area contributed by atoms with Gasteiger partial charge in [0, 0.05) is 17.7 Å². The lowest BCUT2D eigenvalue weighted by Crippen LogP contribution is -2.05. The van der Waals surface area contributed by atoms with Gasteiger partial charge in [0.05, 0.1) is 14.2 Å². The van der Waals surface area contributed by atoms with Gasteiger partial charge in [-0.1, -0.05) is 36.4 Å². The first-order valence-electron chi connectivity index (χ1n) is 7.71. The Kier molecular flexibility index (Phi) is 4.48. The van der Waals surface area contributed by atoms with E-state index in [1.165, 1.54) is 21.1 Å². The number of hydrogen-bond donors (Lipinski definition) is 1. The maximum Gasteiger partial charge on any atom is 0.308 e. The molecule has 0 atom stereocenters. The lowest BCUT2D eigenvalue weighted by Gasteiger charge is -2.17. The predicted octanol–water partition coefficient (Wildman–Crippen LogP) is 4.15. The summed E-state index contributed by atoms with van der Waals surface area (Å²) in [6, 6.07) is 15.3. The molecule has 0 aromatic heterocycles. The van der Waals surface area contributed by atoms with E-state index in [9.17, 15) is 9.90 Å². The summed E-state index contributed by atoms with van der Waals surface area (Å²) in [5, 5.41) is 11.7. The highest BCUT2D eigenvalue weighted by atomic mass is 16.6. The molecule has 3 aromatic carbocycles. The summed E-state index contributed by atoms with van der Waals surface area (Å²) in [4.78, 5) is 11.5. The third-order valence-corrected chi connectivity index (χ3v) is 3.91. The second-order valence-electron chi connectivity index (χ2n) is 5.46. The summed E-state index contributed by atoms with van der Waals surface area (Å²) in [6.07, 6.45) is 0. The Balaban J connectivity index is 2.33. The largest absolute Gasteiger partial charge is 0.504 e. The highest BCUT2D eigenvalue weighted by Crippen LogP contribution is 2.51. The number of carbonyl (C=O) groups excluding carboxylic acids is 1. The lowest BCUT2D eigenvalue weighted by atomic mass is 9.99. The van der Waals surface area contributed by atoms with Gasteiger partial charge in [0.25, 0.3) is 0 Å². The second kappa shape index (κ2) is 6.73. The third kappa shape index (κ3) is 2.96. The number of ether oxygens (including phenoxy) is 3. The number of rotatable bonds is 4. The molecule has 0 unspecified atom stereocenters. The van der Waals surface area contributed by atoms with Gasteiger partial charge in [-0.05, 0) is 23.3 Å². The van der Waals surface area contributed by atoms with Crippen molar-refractivity contribution in [3.8, 4) is 34.1 Å². The van der Waals surface area contributed by atoms with Gasteiger partial charge in [-0.15, -0.1) is 0 Å².